The number of hydrogen-bond acceptors (Lipinski definition) is 3. The lowest BCUT2D eigenvalue weighted by Crippen LogP contribution is -2.16. The molecule has 3 heteroatoms. The molecule has 10 aromatic rings. The Kier molecular flexibility index (Phi) is 6.01. The van der Waals surface area contributed by atoms with Crippen LogP contribution in [-0.4, -0.2) is 0 Å². The molecule has 0 radical (unpaired) electrons. The van der Waals surface area contributed by atoms with Gasteiger partial charge in [0.15, 0.2) is 0 Å². The molecule has 0 N–H and O–H groups in total. The second kappa shape index (κ2) is 10.7. The minimum Gasteiger partial charge on any atom is -0.456 e. The fourth-order valence-electron chi connectivity index (χ4n) is 8.91. The van der Waals surface area contributed by atoms with E-state index in [4.69, 9.17) is 8.83 Å². The third-order valence-electron chi connectivity index (χ3n) is 11.2. The van der Waals surface area contributed by atoms with E-state index in [9.17, 15) is 0 Å². The monoisotopic (exact) mass is 667 g/mol. The molecular weight excluding hydrogens is 635 g/mol. The van der Waals surface area contributed by atoms with Crippen LogP contribution in [0, 0.1) is 0 Å². The van der Waals surface area contributed by atoms with E-state index in [1.165, 1.54) is 44.2 Å². The lowest BCUT2D eigenvalue weighted by molar-refractivity contribution is 0.658. The van der Waals surface area contributed by atoms with Gasteiger partial charge in [0.25, 0.3) is 0 Å². The molecule has 0 bridgehead atoms. The Labute approximate surface area is 301 Å². The predicted molar refractivity (Wildman–Crippen MR) is 216 cm³/mol. The van der Waals surface area contributed by atoms with Crippen molar-refractivity contribution >= 4 is 71.7 Å². The van der Waals surface area contributed by atoms with Crippen LogP contribution in [0.4, 0.5) is 17.1 Å². The van der Waals surface area contributed by atoms with Crippen LogP contribution < -0.4 is 4.90 Å². The zero-order valence-corrected chi connectivity index (χ0v) is 28.9. The summed E-state index contributed by atoms with van der Waals surface area (Å²) >= 11 is 0. The summed E-state index contributed by atoms with van der Waals surface area (Å²) in [7, 11) is 0. The van der Waals surface area contributed by atoms with Gasteiger partial charge in [0.05, 0.1) is 5.69 Å². The van der Waals surface area contributed by atoms with Crippen molar-refractivity contribution in [3.8, 4) is 22.3 Å². The van der Waals surface area contributed by atoms with Crippen molar-refractivity contribution in [3.05, 3.63) is 175 Å². The van der Waals surface area contributed by atoms with Crippen molar-refractivity contribution in [2.24, 2.45) is 0 Å². The van der Waals surface area contributed by atoms with Gasteiger partial charge in [-0.1, -0.05) is 123 Å². The van der Waals surface area contributed by atoms with E-state index in [1.807, 2.05) is 12.1 Å². The van der Waals surface area contributed by atoms with Crippen LogP contribution in [-0.2, 0) is 5.41 Å². The Balaban J connectivity index is 1.23. The molecule has 0 saturated carbocycles. The van der Waals surface area contributed by atoms with E-state index in [-0.39, 0.29) is 5.41 Å². The van der Waals surface area contributed by atoms with E-state index >= 15 is 0 Å². The fraction of sp³-hybridized carbons (Fsp3) is 0.0612. The van der Waals surface area contributed by atoms with Gasteiger partial charge in [-0.2, -0.15) is 0 Å². The standard InChI is InChI=1S/C49H33NO2/c1-49(2)39-21-13-22-40(50(32-16-7-4-8-17-32)33-25-26-35-34-18-11-12-23-41(34)51-43(35)29-33)45(39)46-47(49)37-20-10-9-19-36(37)44-38-28-31(30-14-5-3-6-15-30)24-27-42(38)52-48(44)46/h3-29H,1-2H3. The van der Waals surface area contributed by atoms with Gasteiger partial charge in [-0.15, -0.1) is 0 Å². The van der Waals surface area contributed by atoms with Crippen LogP contribution >= 0.6 is 0 Å². The van der Waals surface area contributed by atoms with Crippen molar-refractivity contribution in [2.75, 3.05) is 4.90 Å². The van der Waals surface area contributed by atoms with E-state index in [2.05, 4.69) is 170 Å². The molecule has 246 valence electrons. The summed E-state index contributed by atoms with van der Waals surface area (Å²) in [6, 6.07) is 58.4. The first-order chi connectivity index (χ1) is 25.6. The average Bonchev–Trinajstić information content (AvgIpc) is 3.83. The molecule has 0 fully saturated rings. The molecule has 2 heterocycles. The van der Waals surface area contributed by atoms with Crippen molar-refractivity contribution in [2.45, 2.75) is 19.3 Å². The molecule has 0 aliphatic heterocycles. The third kappa shape index (κ3) is 4.02. The molecule has 2 aromatic heterocycles. The number of para-hydroxylation sites is 2. The highest BCUT2D eigenvalue weighted by atomic mass is 16.3. The minimum absolute atomic E-state index is 0.284. The molecule has 8 aromatic carbocycles. The Morgan fingerprint density at radius 3 is 1.96 bits per heavy atom. The number of benzene rings is 8. The molecular formula is C49H33NO2. The van der Waals surface area contributed by atoms with Gasteiger partial charge in [-0.3, -0.25) is 0 Å². The summed E-state index contributed by atoms with van der Waals surface area (Å²) < 4.78 is 13.5. The largest absolute Gasteiger partial charge is 0.456 e. The maximum Gasteiger partial charge on any atom is 0.144 e. The van der Waals surface area contributed by atoms with Gasteiger partial charge < -0.3 is 13.7 Å². The van der Waals surface area contributed by atoms with Gasteiger partial charge in [-0.25, -0.2) is 0 Å². The van der Waals surface area contributed by atoms with Crippen LogP contribution in [0.15, 0.2) is 173 Å². The SMILES string of the molecule is CC1(C)c2cccc(N(c3ccccc3)c3ccc4c(c3)oc3ccccc34)c2-c2c1c1ccccc1c1c2oc2ccc(-c3ccccc3)cc21. The summed E-state index contributed by atoms with van der Waals surface area (Å²) in [6.07, 6.45) is 0. The molecule has 0 spiro atoms. The molecule has 1 aliphatic carbocycles. The number of nitrogens with zero attached hydrogens (tertiary/aromatic N) is 1. The van der Waals surface area contributed by atoms with Crippen molar-refractivity contribution in [1.82, 2.24) is 0 Å². The Morgan fingerprint density at radius 2 is 1.13 bits per heavy atom. The van der Waals surface area contributed by atoms with E-state index in [0.29, 0.717) is 0 Å². The number of furan rings is 2. The first-order valence-electron chi connectivity index (χ1n) is 17.9. The normalized spacial score (nSPS) is 13.3. The Bertz CT molecular complexity index is 3040. The first-order valence-corrected chi connectivity index (χ1v) is 17.9. The molecule has 0 unspecified atom stereocenters. The maximum atomic E-state index is 7.05. The fourth-order valence-corrected chi connectivity index (χ4v) is 8.91. The van der Waals surface area contributed by atoms with Crippen LogP contribution in [0.3, 0.4) is 0 Å². The molecule has 1 aliphatic rings. The van der Waals surface area contributed by atoms with Gasteiger partial charge in [0, 0.05) is 55.5 Å². The van der Waals surface area contributed by atoms with Crippen molar-refractivity contribution < 1.29 is 8.83 Å². The zero-order valence-electron chi connectivity index (χ0n) is 28.9. The highest BCUT2D eigenvalue weighted by Gasteiger charge is 2.42. The molecule has 3 nitrogen and oxygen atoms in total. The van der Waals surface area contributed by atoms with Gasteiger partial charge in [0.1, 0.15) is 22.3 Å². The van der Waals surface area contributed by atoms with Crippen LogP contribution in [0.25, 0.3) is 76.9 Å². The minimum atomic E-state index is -0.284. The van der Waals surface area contributed by atoms with Crippen LogP contribution in [0.1, 0.15) is 25.0 Å². The quantitative estimate of drug-likeness (QED) is 0.187. The Hall–Kier alpha value is -6.58. The lowest BCUT2D eigenvalue weighted by atomic mass is 9.79. The second-order valence-corrected chi connectivity index (χ2v) is 14.5. The van der Waals surface area contributed by atoms with Gasteiger partial charge >= 0.3 is 0 Å². The molecule has 0 atom stereocenters. The maximum absolute atomic E-state index is 7.05. The highest BCUT2D eigenvalue weighted by molar-refractivity contribution is 6.26. The van der Waals surface area contributed by atoms with Crippen molar-refractivity contribution in [3.63, 3.8) is 0 Å². The zero-order chi connectivity index (χ0) is 34.6. The van der Waals surface area contributed by atoms with E-state index in [0.717, 1.165) is 60.9 Å². The number of rotatable bonds is 4. The first kappa shape index (κ1) is 29.2. The number of hydrogen-bond donors (Lipinski definition) is 0. The predicted octanol–water partition coefficient (Wildman–Crippen LogP) is 14.1. The summed E-state index contributed by atoms with van der Waals surface area (Å²) in [6.45, 7) is 4.73. The molecule has 52 heavy (non-hydrogen) atoms. The smallest absolute Gasteiger partial charge is 0.144 e. The third-order valence-corrected chi connectivity index (χ3v) is 11.2. The topological polar surface area (TPSA) is 29.5 Å². The van der Waals surface area contributed by atoms with Gasteiger partial charge in [0.2, 0.25) is 0 Å². The molecule has 0 amide bonds. The highest BCUT2D eigenvalue weighted by Crippen LogP contribution is 2.59. The molecule has 0 saturated heterocycles. The van der Waals surface area contributed by atoms with Crippen LogP contribution in [0.2, 0.25) is 0 Å². The van der Waals surface area contributed by atoms with E-state index < -0.39 is 0 Å². The summed E-state index contributed by atoms with van der Waals surface area (Å²) in [5.41, 5.74) is 13.9. The van der Waals surface area contributed by atoms with Crippen molar-refractivity contribution in [1.29, 1.82) is 0 Å². The number of anilines is 3. The van der Waals surface area contributed by atoms with Crippen LogP contribution in [0.5, 0.6) is 0 Å². The summed E-state index contributed by atoms with van der Waals surface area (Å²) in [5.74, 6) is 0. The lowest BCUT2D eigenvalue weighted by Gasteiger charge is -2.28. The van der Waals surface area contributed by atoms with Gasteiger partial charge in [-0.05, 0) is 81.6 Å². The number of fused-ring (bicyclic) bond motifs is 13. The van der Waals surface area contributed by atoms with E-state index in [1.54, 1.807) is 0 Å². The Morgan fingerprint density at radius 1 is 0.442 bits per heavy atom. The second-order valence-electron chi connectivity index (χ2n) is 14.5. The summed E-state index contributed by atoms with van der Waals surface area (Å²) in [4.78, 5) is 2.38. The molecule has 11 rings (SSSR count). The average molecular weight is 668 g/mol. The summed E-state index contributed by atoms with van der Waals surface area (Å²) in [5, 5.41) is 7.02.